The Kier molecular flexibility index (Phi) is 4.94. The topological polar surface area (TPSA) is 84.2 Å². The molecule has 0 bridgehead atoms. The van der Waals surface area contributed by atoms with Gasteiger partial charge in [0, 0.05) is 4.88 Å². The minimum atomic E-state index is -0.559. The van der Waals surface area contributed by atoms with Gasteiger partial charge in [-0.2, -0.15) is 0 Å². The quantitative estimate of drug-likeness (QED) is 0.669. The van der Waals surface area contributed by atoms with Gasteiger partial charge in [-0.05, 0) is 18.4 Å². The Labute approximate surface area is 98.0 Å². The highest BCUT2D eigenvalue weighted by molar-refractivity contribution is 7.09. The van der Waals surface area contributed by atoms with Crippen molar-refractivity contribution in [1.82, 2.24) is 10.6 Å². The third-order valence-corrected chi connectivity index (χ3v) is 2.85. The zero-order chi connectivity index (χ0) is 12.0. The summed E-state index contributed by atoms with van der Waals surface area (Å²) in [6, 6.07) is 3.30. The molecule has 88 valence electrons. The maximum Gasteiger partial charge on any atom is 0.242 e. The van der Waals surface area contributed by atoms with Crippen LogP contribution in [0.2, 0.25) is 0 Å². The van der Waals surface area contributed by atoms with E-state index < -0.39 is 6.04 Å². The molecular weight excluding hydrogens is 226 g/mol. The van der Waals surface area contributed by atoms with Gasteiger partial charge >= 0.3 is 0 Å². The van der Waals surface area contributed by atoms with Gasteiger partial charge in [-0.3, -0.25) is 9.59 Å². The minimum absolute atomic E-state index is 0.109. The van der Waals surface area contributed by atoms with Crippen molar-refractivity contribution in [3.05, 3.63) is 22.4 Å². The molecule has 6 heteroatoms. The third kappa shape index (κ3) is 4.00. The summed E-state index contributed by atoms with van der Waals surface area (Å²) in [6.45, 7) is 2.00. The van der Waals surface area contributed by atoms with Crippen LogP contribution in [0.5, 0.6) is 0 Å². The summed E-state index contributed by atoms with van der Waals surface area (Å²) in [7, 11) is 0. The van der Waals surface area contributed by atoms with E-state index in [1.165, 1.54) is 0 Å². The minimum Gasteiger partial charge on any atom is -0.349 e. The number of thiophene rings is 1. The normalized spacial score (nSPS) is 11.9. The molecule has 0 unspecified atom stereocenters. The molecule has 0 aliphatic heterocycles. The fourth-order valence-corrected chi connectivity index (χ4v) is 1.75. The monoisotopic (exact) mass is 241 g/mol. The molecule has 0 aliphatic carbocycles. The molecule has 0 fully saturated rings. The first-order valence-corrected chi connectivity index (χ1v) is 5.81. The lowest BCUT2D eigenvalue weighted by molar-refractivity contribution is -0.128. The Bertz CT molecular complexity index is 351. The molecule has 5 nitrogen and oxygen atoms in total. The number of nitrogens with two attached hydrogens (primary N) is 1. The second kappa shape index (κ2) is 6.24. The van der Waals surface area contributed by atoms with Crippen LogP contribution in [0.25, 0.3) is 0 Å². The van der Waals surface area contributed by atoms with Gasteiger partial charge in [-0.15, -0.1) is 11.3 Å². The zero-order valence-electron chi connectivity index (χ0n) is 9.03. The fraction of sp³-hybridized carbons (Fsp3) is 0.400. The lowest BCUT2D eigenvalue weighted by Gasteiger charge is -2.12. The average molecular weight is 241 g/mol. The van der Waals surface area contributed by atoms with E-state index in [-0.39, 0.29) is 18.4 Å². The van der Waals surface area contributed by atoms with Crippen LogP contribution in [0.3, 0.4) is 0 Å². The molecule has 1 aromatic rings. The standard InChI is InChI=1S/C10H15N3O2S/c1-7(13-9(14)5-11)10(15)12-6-8-3-2-4-16-8/h2-4,7H,5-6,11H2,1H3,(H,12,15)(H,13,14)/t7-/m0/s1. The Morgan fingerprint density at radius 2 is 2.31 bits per heavy atom. The van der Waals surface area contributed by atoms with Crippen LogP contribution in [0, 0.1) is 0 Å². The van der Waals surface area contributed by atoms with Crippen LogP contribution in [0.1, 0.15) is 11.8 Å². The molecule has 0 aliphatic rings. The number of hydrogen-bond acceptors (Lipinski definition) is 4. The molecule has 4 N–H and O–H groups in total. The van der Waals surface area contributed by atoms with Crippen molar-refractivity contribution in [3.8, 4) is 0 Å². The van der Waals surface area contributed by atoms with Crippen molar-refractivity contribution < 1.29 is 9.59 Å². The van der Waals surface area contributed by atoms with Gasteiger partial charge in [0.15, 0.2) is 0 Å². The van der Waals surface area contributed by atoms with Crippen molar-refractivity contribution in [2.45, 2.75) is 19.5 Å². The maximum atomic E-state index is 11.5. The number of amides is 2. The molecule has 1 atom stereocenters. The van der Waals surface area contributed by atoms with E-state index in [0.29, 0.717) is 6.54 Å². The van der Waals surface area contributed by atoms with Gasteiger partial charge < -0.3 is 16.4 Å². The van der Waals surface area contributed by atoms with Crippen LogP contribution < -0.4 is 16.4 Å². The molecule has 0 spiro atoms. The van der Waals surface area contributed by atoms with E-state index in [2.05, 4.69) is 10.6 Å². The SMILES string of the molecule is C[C@H](NC(=O)CN)C(=O)NCc1cccs1. The molecule has 0 saturated carbocycles. The Hall–Kier alpha value is -1.40. The third-order valence-electron chi connectivity index (χ3n) is 1.97. The van der Waals surface area contributed by atoms with Gasteiger partial charge in [-0.25, -0.2) is 0 Å². The highest BCUT2D eigenvalue weighted by Crippen LogP contribution is 2.07. The zero-order valence-corrected chi connectivity index (χ0v) is 9.84. The molecule has 1 aromatic heterocycles. The summed E-state index contributed by atoms with van der Waals surface area (Å²) >= 11 is 1.57. The van der Waals surface area contributed by atoms with Crippen molar-refractivity contribution in [2.75, 3.05) is 6.54 Å². The lowest BCUT2D eigenvalue weighted by atomic mass is 10.3. The number of rotatable bonds is 5. The van der Waals surface area contributed by atoms with Gasteiger partial charge in [0.25, 0.3) is 0 Å². The lowest BCUT2D eigenvalue weighted by Crippen LogP contribution is -2.46. The Morgan fingerprint density at radius 1 is 1.56 bits per heavy atom. The first-order valence-electron chi connectivity index (χ1n) is 4.93. The molecule has 0 saturated heterocycles. The van der Waals surface area contributed by atoms with E-state index in [4.69, 9.17) is 5.73 Å². The summed E-state index contributed by atoms with van der Waals surface area (Å²) in [4.78, 5) is 23.5. The predicted molar refractivity (Wildman–Crippen MR) is 62.8 cm³/mol. The molecule has 0 radical (unpaired) electrons. The van der Waals surface area contributed by atoms with E-state index >= 15 is 0 Å². The van der Waals surface area contributed by atoms with E-state index in [0.717, 1.165) is 4.88 Å². The van der Waals surface area contributed by atoms with Gasteiger partial charge in [0.2, 0.25) is 11.8 Å². The summed E-state index contributed by atoms with van der Waals surface area (Å²) in [6.07, 6.45) is 0. The molecule has 16 heavy (non-hydrogen) atoms. The summed E-state index contributed by atoms with van der Waals surface area (Å²) in [5.74, 6) is -0.547. The number of nitrogens with one attached hydrogen (secondary N) is 2. The van der Waals surface area contributed by atoms with Gasteiger partial charge in [-0.1, -0.05) is 6.07 Å². The summed E-state index contributed by atoms with van der Waals surface area (Å²) in [5.41, 5.74) is 5.13. The average Bonchev–Trinajstić information content (AvgIpc) is 2.78. The molecule has 2 amide bonds. The van der Waals surface area contributed by atoms with Crippen LogP contribution in [-0.2, 0) is 16.1 Å². The second-order valence-corrected chi connectivity index (χ2v) is 4.32. The van der Waals surface area contributed by atoms with Gasteiger partial charge in [0.1, 0.15) is 6.04 Å². The number of hydrogen-bond donors (Lipinski definition) is 3. The first kappa shape index (κ1) is 12.7. The Morgan fingerprint density at radius 3 is 2.88 bits per heavy atom. The van der Waals surface area contributed by atoms with Crippen molar-refractivity contribution >= 4 is 23.2 Å². The highest BCUT2D eigenvalue weighted by Gasteiger charge is 2.14. The van der Waals surface area contributed by atoms with Crippen LogP contribution in [0.15, 0.2) is 17.5 Å². The van der Waals surface area contributed by atoms with E-state index in [9.17, 15) is 9.59 Å². The molecule has 1 rings (SSSR count). The van der Waals surface area contributed by atoms with E-state index in [1.807, 2.05) is 17.5 Å². The maximum absolute atomic E-state index is 11.5. The Balaban J connectivity index is 2.31. The van der Waals surface area contributed by atoms with Gasteiger partial charge in [0.05, 0.1) is 13.1 Å². The highest BCUT2D eigenvalue weighted by atomic mass is 32.1. The predicted octanol–water partition coefficient (Wildman–Crippen LogP) is -0.172. The summed E-state index contributed by atoms with van der Waals surface area (Å²) in [5, 5.41) is 7.16. The van der Waals surface area contributed by atoms with Crippen LogP contribution >= 0.6 is 11.3 Å². The number of carbonyl (C=O) groups excluding carboxylic acids is 2. The largest absolute Gasteiger partial charge is 0.349 e. The summed E-state index contributed by atoms with van der Waals surface area (Å²) < 4.78 is 0. The fourth-order valence-electron chi connectivity index (χ4n) is 1.11. The van der Waals surface area contributed by atoms with Crippen molar-refractivity contribution in [1.29, 1.82) is 0 Å². The molecular formula is C10H15N3O2S. The van der Waals surface area contributed by atoms with Crippen molar-refractivity contribution in [3.63, 3.8) is 0 Å². The van der Waals surface area contributed by atoms with Crippen molar-refractivity contribution in [2.24, 2.45) is 5.73 Å². The smallest absolute Gasteiger partial charge is 0.242 e. The first-order chi connectivity index (χ1) is 7.63. The van der Waals surface area contributed by atoms with Crippen LogP contribution in [-0.4, -0.2) is 24.4 Å². The molecule has 0 aromatic carbocycles. The molecule has 1 heterocycles. The number of carbonyl (C=O) groups is 2. The second-order valence-electron chi connectivity index (χ2n) is 3.29. The van der Waals surface area contributed by atoms with E-state index in [1.54, 1.807) is 18.3 Å². The van der Waals surface area contributed by atoms with Crippen LogP contribution in [0.4, 0.5) is 0 Å².